The first-order chi connectivity index (χ1) is 9.17. The number of hydrogen-bond donors (Lipinski definition) is 0. The molecular weight excluding hydrogens is 308 g/mol. The maximum absolute atomic E-state index is 11.8. The van der Waals surface area contributed by atoms with Gasteiger partial charge in [0.25, 0.3) is 0 Å². The zero-order valence-corrected chi connectivity index (χ0v) is 13.6. The van der Waals surface area contributed by atoms with Crippen LogP contribution < -0.4 is 0 Å². The topological polar surface area (TPSA) is 43.4 Å². The SMILES string of the molecule is CCCCCC=C(C(=O)CBr)C(=O)OCCCCC. The molecule has 0 N–H and O–H groups in total. The van der Waals surface area contributed by atoms with Crippen molar-refractivity contribution in [3.05, 3.63) is 11.6 Å². The van der Waals surface area contributed by atoms with Crippen molar-refractivity contribution in [1.82, 2.24) is 0 Å². The van der Waals surface area contributed by atoms with E-state index in [-0.39, 0.29) is 16.7 Å². The van der Waals surface area contributed by atoms with E-state index in [1.165, 1.54) is 0 Å². The maximum Gasteiger partial charge on any atom is 0.341 e. The zero-order chi connectivity index (χ0) is 14.5. The Labute approximate surface area is 124 Å². The molecule has 0 atom stereocenters. The molecule has 0 aromatic rings. The lowest BCUT2D eigenvalue weighted by Crippen LogP contribution is -2.17. The Bertz CT molecular complexity index is 298. The Morgan fingerprint density at radius 1 is 1.05 bits per heavy atom. The predicted octanol–water partition coefficient (Wildman–Crippen LogP) is 4.19. The van der Waals surface area contributed by atoms with Gasteiger partial charge in [-0.15, -0.1) is 0 Å². The molecule has 3 nitrogen and oxygen atoms in total. The number of allylic oxidation sites excluding steroid dienone is 1. The van der Waals surface area contributed by atoms with E-state index in [1.54, 1.807) is 6.08 Å². The molecule has 0 aromatic heterocycles. The monoisotopic (exact) mass is 332 g/mol. The molecule has 4 heteroatoms. The van der Waals surface area contributed by atoms with E-state index in [4.69, 9.17) is 4.74 Å². The van der Waals surface area contributed by atoms with Crippen molar-refractivity contribution in [3.63, 3.8) is 0 Å². The van der Waals surface area contributed by atoms with Crippen LogP contribution in [0.3, 0.4) is 0 Å². The van der Waals surface area contributed by atoms with Crippen LogP contribution in [0.25, 0.3) is 0 Å². The summed E-state index contributed by atoms with van der Waals surface area (Å²) in [4.78, 5) is 23.5. The van der Waals surface area contributed by atoms with Crippen LogP contribution in [0.5, 0.6) is 0 Å². The number of unbranched alkanes of at least 4 members (excludes halogenated alkanes) is 5. The smallest absolute Gasteiger partial charge is 0.341 e. The lowest BCUT2D eigenvalue weighted by Gasteiger charge is -2.06. The minimum atomic E-state index is -0.475. The van der Waals surface area contributed by atoms with Gasteiger partial charge in [-0.3, -0.25) is 4.79 Å². The highest BCUT2D eigenvalue weighted by Crippen LogP contribution is 2.09. The summed E-state index contributed by atoms with van der Waals surface area (Å²) in [5.74, 6) is -0.672. The summed E-state index contributed by atoms with van der Waals surface area (Å²) in [6.07, 6.45) is 8.68. The largest absolute Gasteiger partial charge is 0.462 e. The van der Waals surface area contributed by atoms with Crippen molar-refractivity contribution in [3.8, 4) is 0 Å². The van der Waals surface area contributed by atoms with Crippen LogP contribution in [0.2, 0.25) is 0 Å². The molecule has 0 amide bonds. The first kappa shape index (κ1) is 18.4. The summed E-state index contributed by atoms with van der Waals surface area (Å²) < 4.78 is 5.14. The van der Waals surface area contributed by atoms with Crippen LogP contribution in [0.15, 0.2) is 11.6 Å². The van der Waals surface area contributed by atoms with Gasteiger partial charge in [0.15, 0.2) is 5.78 Å². The van der Waals surface area contributed by atoms with Crippen molar-refractivity contribution in [2.75, 3.05) is 11.9 Å². The number of alkyl halides is 1. The minimum Gasteiger partial charge on any atom is -0.462 e. The first-order valence-electron chi connectivity index (χ1n) is 7.13. The van der Waals surface area contributed by atoms with E-state index < -0.39 is 5.97 Å². The molecule has 0 heterocycles. The van der Waals surface area contributed by atoms with E-state index in [0.717, 1.165) is 44.9 Å². The second kappa shape index (κ2) is 12.4. The van der Waals surface area contributed by atoms with E-state index in [9.17, 15) is 9.59 Å². The molecule has 0 fully saturated rings. The summed E-state index contributed by atoms with van der Waals surface area (Å²) >= 11 is 3.10. The highest BCUT2D eigenvalue weighted by Gasteiger charge is 2.17. The third-order valence-corrected chi connectivity index (χ3v) is 3.29. The molecule has 0 bridgehead atoms. The van der Waals surface area contributed by atoms with Gasteiger partial charge in [-0.25, -0.2) is 4.79 Å². The van der Waals surface area contributed by atoms with E-state index in [0.29, 0.717) is 6.61 Å². The predicted molar refractivity (Wildman–Crippen MR) is 81.5 cm³/mol. The highest BCUT2D eigenvalue weighted by atomic mass is 79.9. The molecule has 0 spiro atoms. The lowest BCUT2D eigenvalue weighted by atomic mass is 10.1. The van der Waals surface area contributed by atoms with Crippen LogP contribution >= 0.6 is 15.9 Å². The number of hydrogen-bond acceptors (Lipinski definition) is 3. The lowest BCUT2D eigenvalue weighted by molar-refractivity contribution is -0.140. The second-order valence-electron chi connectivity index (χ2n) is 4.51. The Balaban J connectivity index is 4.31. The van der Waals surface area contributed by atoms with Crippen molar-refractivity contribution < 1.29 is 14.3 Å². The average molecular weight is 333 g/mol. The van der Waals surface area contributed by atoms with Gasteiger partial charge in [0, 0.05) is 0 Å². The molecule has 19 heavy (non-hydrogen) atoms. The fraction of sp³-hybridized carbons (Fsp3) is 0.733. The molecule has 0 saturated heterocycles. The third kappa shape index (κ3) is 8.98. The average Bonchev–Trinajstić information content (AvgIpc) is 2.42. The zero-order valence-electron chi connectivity index (χ0n) is 12.0. The van der Waals surface area contributed by atoms with E-state index in [1.807, 2.05) is 0 Å². The summed E-state index contributed by atoms with van der Waals surface area (Å²) in [6.45, 7) is 4.61. The van der Waals surface area contributed by atoms with Crippen LogP contribution in [-0.4, -0.2) is 23.7 Å². The summed E-state index contributed by atoms with van der Waals surface area (Å²) in [6, 6.07) is 0. The van der Waals surface area contributed by atoms with Gasteiger partial charge in [0.1, 0.15) is 0 Å². The van der Waals surface area contributed by atoms with E-state index in [2.05, 4.69) is 29.8 Å². The van der Waals surface area contributed by atoms with Gasteiger partial charge in [0.05, 0.1) is 17.5 Å². The standard InChI is InChI=1S/C15H25BrO3/c1-3-5-7-8-10-13(14(17)12-16)15(18)19-11-9-6-4-2/h10H,3-9,11-12H2,1-2H3. The van der Waals surface area contributed by atoms with Crippen molar-refractivity contribution in [2.45, 2.75) is 58.8 Å². The first-order valence-corrected chi connectivity index (χ1v) is 8.25. The van der Waals surface area contributed by atoms with Crippen LogP contribution in [0, 0.1) is 0 Å². The fourth-order valence-electron chi connectivity index (χ4n) is 1.62. The Morgan fingerprint density at radius 2 is 1.68 bits per heavy atom. The summed E-state index contributed by atoms with van der Waals surface area (Å²) in [5, 5.41) is 0.163. The molecule has 0 aliphatic rings. The van der Waals surface area contributed by atoms with Crippen molar-refractivity contribution in [1.29, 1.82) is 0 Å². The Morgan fingerprint density at radius 3 is 2.26 bits per heavy atom. The van der Waals surface area contributed by atoms with Gasteiger partial charge in [-0.1, -0.05) is 61.5 Å². The van der Waals surface area contributed by atoms with Crippen LogP contribution in [0.1, 0.15) is 58.8 Å². The summed E-state index contributed by atoms with van der Waals surface area (Å²) in [5.41, 5.74) is 0.199. The molecule has 110 valence electrons. The molecule has 0 aromatic carbocycles. The molecule has 0 aliphatic carbocycles. The molecule has 0 rings (SSSR count). The molecule has 0 radical (unpaired) electrons. The number of carbonyl (C=O) groups excluding carboxylic acids is 2. The highest BCUT2D eigenvalue weighted by molar-refractivity contribution is 9.09. The van der Waals surface area contributed by atoms with Gasteiger partial charge >= 0.3 is 5.97 Å². The third-order valence-electron chi connectivity index (χ3n) is 2.78. The number of rotatable bonds is 11. The molecule has 0 unspecified atom stereocenters. The number of ether oxygens (including phenoxy) is 1. The van der Waals surface area contributed by atoms with Crippen LogP contribution in [0.4, 0.5) is 0 Å². The number of esters is 1. The second-order valence-corrected chi connectivity index (χ2v) is 5.07. The molecule has 0 saturated carbocycles. The number of ketones is 1. The normalized spacial score (nSPS) is 11.4. The quantitative estimate of drug-likeness (QED) is 0.142. The van der Waals surface area contributed by atoms with Gasteiger partial charge in [-0.2, -0.15) is 0 Å². The van der Waals surface area contributed by atoms with Gasteiger partial charge < -0.3 is 4.74 Å². The Kier molecular flexibility index (Phi) is 12.0. The van der Waals surface area contributed by atoms with Gasteiger partial charge in [0.2, 0.25) is 0 Å². The fourth-order valence-corrected chi connectivity index (χ4v) is 1.92. The Hall–Kier alpha value is -0.640. The maximum atomic E-state index is 11.8. The number of Topliss-reactive ketones (excluding diaryl/α,β-unsaturated/α-hetero) is 1. The minimum absolute atomic E-state index is 0.163. The number of carbonyl (C=O) groups is 2. The molecule has 0 aliphatic heterocycles. The molecular formula is C15H25BrO3. The van der Waals surface area contributed by atoms with Gasteiger partial charge in [-0.05, 0) is 19.3 Å². The van der Waals surface area contributed by atoms with Crippen molar-refractivity contribution in [2.24, 2.45) is 0 Å². The van der Waals surface area contributed by atoms with E-state index >= 15 is 0 Å². The van der Waals surface area contributed by atoms with Crippen molar-refractivity contribution >= 4 is 27.7 Å². The van der Waals surface area contributed by atoms with Crippen LogP contribution in [-0.2, 0) is 14.3 Å². The summed E-state index contributed by atoms with van der Waals surface area (Å²) in [7, 11) is 0. The number of halogens is 1.